The molecule has 2 aromatic rings. The van der Waals surface area contributed by atoms with Gasteiger partial charge in [-0.25, -0.2) is 8.42 Å². The number of rotatable bonds is 7. The molecule has 1 saturated heterocycles. The van der Waals surface area contributed by atoms with Crippen LogP contribution in [0.25, 0.3) is 0 Å². The van der Waals surface area contributed by atoms with Gasteiger partial charge in [0, 0.05) is 36.1 Å². The smallest absolute Gasteiger partial charge is 0.255 e. The number of carbonyl (C=O) groups excluding carboxylic acids is 2. The molecule has 8 nitrogen and oxygen atoms in total. The first-order valence-corrected chi connectivity index (χ1v) is 13.1. The van der Waals surface area contributed by atoms with E-state index < -0.39 is 15.9 Å². The molecule has 0 spiro atoms. The predicted octanol–water partition coefficient (Wildman–Crippen LogP) is 3.56. The Kier molecular flexibility index (Phi) is 7.67. The molecule has 34 heavy (non-hydrogen) atoms. The van der Waals surface area contributed by atoms with Crippen molar-refractivity contribution in [1.29, 1.82) is 0 Å². The van der Waals surface area contributed by atoms with E-state index in [9.17, 15) is 18.0 Å². The summed E-state index contributed by atoms with van der Waals surface area (Å²) in [5, 5.41) is 6.14. The Bertz CT molecular complexity index is 1150. The zero-order chi connectivity index (χ0) is 25.1. The van der Waals surface area contributed by atoms with Gasteiger partial charge in [-0.15, -0.1) is 0 Å². The van der Waals surface area contributed by atoms with Gasteiger partial charge in [-0.3, -0.25) is 9.59 Å². The van der Waals surface area contributed by atoms with Crippen molar-refractivity contribution in [2.45, 2.75) is 52.0 Å². The summed E-state index contributed by atoms with van der Waals surface area (Å²) in [6, 6.07) is 12.1. The van der Waals surface area contributed by atoms with E-state index in [0.29, 0.717) is 36.4 Å². The number of benzene rings is 2. The second kappa shape index (κ2) is 10.1. The average Bonchev–Trinajstić information content (AvgIpc) is 2.78. The third-order valence-electron chi connectivity index (χ3n) is 6.06. The van der Waals surface area contributed by atoms with Gasteiger partial charge in [0.1, 0.15) is 0 Å². The quantitative estimate of drug-likeness (QED) is 0.552. The van der Waals surface area contributed by atoms with E-state index in [1.54, 1.807) is 37.3 Å². The summed E-state index contributed by atoms with van der Waals surface area (Å²) in [7, 11) is -3.30. The summed E-state index contributed by atoms with van der Waals surface area (Å²) in [6.07, 6.45) is 1.47. The van der Waals surface area contributed by atoms with Crippen molar-refractivity contribution in [2.24, 2.45) is 5.73 Å². The maximum atomic E-state index is 12.8. The van der Waals surface area contributed by atoms with Crippen LogP contribution in [0.3, 0.4) is 0 Å². The van der Waals surface area contributed by atoms with E-state index in [0.717, 1.165) is 12.0 Å². The minimum Gasteiger partial charge on any atom is -0.380 e. The standard InChI is InChI=1S/C25H34N4O4S/c1-5-34(32,33)29-14-6-7-20(16-29)27-22-15-19(12-13-21(22)23(26)30)28-24(31)17-8-10-18(11-9-17)25(2,3)4/h8-13,15,20,27H,5-7,14,16H2,1-4H3,(H2,26,30)(H,28,31). The van der Waals surface area contributed by atoms with Gasteiger partial charge >= 0.3 is 0 Å². The molecule has 0 radical (unpaired) electrons. The molecule has 1 fully saturated rings. The SMILES string of the molecule is CCS(=O)(=O)N1CCCC(Nc2cc(NC(=O)c3ccc(C(C)(C)C)cc3)ccc2C(N)=O)C1. The third-order valence-corrected chi connectivity index (χ3v) is 7.91. The molecule has 1 unspecified atom stereocenters. The van der Waals surface area contributed by atoms with Crippen molar-refractivity contribution in [3.63, 3.8) is 0 Å². The lowest BCUT2D eigenvalue weighted by Gasteiger charge is -2.33. The largest absolute Gasteiger partial charge is 0.380 e. The highest BCUT2D eigenvalue weighted by molar-refractivity contribution is 7.89. The molecule has 0 aliphatic carbocycles. The molecule has 1 aliphatic rings. The minimum absolute atomic E-state index is 0.00860. The zero-order valence-electron chi connectivity index (χ0n) is 20.2. The Morgan fingerprint density at radius 3 is 2.38 bits per heavy atom. The van der Waals surface area contributed by atoms with Crippen molar-refractivity contribution >= 4 is 33.2 Å². The predicted molar refractivity (Wildman–Crippen MR) is 136 cm³/mol. The molecule has 9 heteroatoms. The minimum atomic E-state index is -3.30. The van der Waals surface area contributed by atoms with Gasteiger partial charge in [0.2, 0.25) is 10.0 Å². The molecule has 1 heterocycles. The van der Waals surface area contributed by atoms with Crippen molar-refractivity contribution in [3.05, 3.63) is 59.2 Å². The van der Waals surface area contributed by atoms with Gasteiger partial charge in [-0.2, -0.15) is 4.31 Å². The lowest BCUT2D eigenvalue weighted by molar-refractivity contribution is 0.0998. The first-order chi connectivity index (χ1) is 15.9. The molecular formula is C25H34N4O4S. The topological polar surface area (TPSA) is 122 Å². The van der Waals surface area contributed by atoms with E-state index >= 15 is 0 Å². The highest BCUT2D eigenvalue weighted by Crippen LogP contribution is 2.26. The number of primary amides is 1. The highest BCUT2D eigenvalue weighted by atomic mass is 32.2. The second-order valence-electron chi connectivity index (χ2n) is 9.65. The molecule has 4 N–H and O–H groups in total. The number of nitrogens with two attached hydrogens (primary N) is 1. The van der Waals surface area contributed by atoms with Gasteiger partial charge in [-0.1, -0.05) is 32.9 Å². The Morgan fingerprint density at radius 1 is 1.12 bits per heavy atom. The Morgan fingerprint density at radius 2 is 1.79 bits per heavy atom. The van der Waals surface area contributed by atoms with Crippen LogP contribution in [0.2, 0.25) is 0 Å². The van der Waals surface area contributed by atoms with Crippen LogP contribution in [-0.4, -0.2) is 49.4 Å². The van der Waals surface area contributed by atoms with Crippen molar-refractivity contribution in [1.82, 2.24) is 4.31 Å². The van der Waals surface area contributed by atoms with Crippen LogP contribution < -0.4 is 16.4 Å². The molecule has 0 saturated carbocycles. The average molecular weight is 487 g/mol. The van der Waals surface area contributed by atoms with E-state index in [2.05, 4.69) is 31.4 Å². The summed E-state index contributed by atoms with van der Waals surface area (Å²) in [4.78, 5) is 24.8. The number of hydrogen-bond acceptors (Lipinski definition) is 5. The van der Waals surface area contributed by atoms with Gasteiger partial charge in [0.05, 0.1) is 11.3 Å². The molecule has 0 aromatic heterocycles. The Balaban J connectivity index is 1.78. The van der Waals surface area contributed by atoms with E-state index in [-0.39, 0.29) is 28.7 Å². The third kappa shape index (κ3) is 6.15. The molecule has 2 aromatic carbocycles. The van der Waals surface area contributed by atoms with Crippen molar-refractivity contribution in [3.8, 4) is 0 Å². The molecular weight excluding hydrogens is 452 g/mol. The molecule has 0 bridgehead atoms. The number of carbonyl (C=O) groups is 2. The van der Waals surface area contributed by atoms with Crippen LogP contribution in [0.4, 0.5) is 11.4 Å². The summed E-state index contributed by atoms with van der Waals surface area (Å²) >= 11 is 0. The van der Waals surface area contributed by atoms with Crippen molar-refractivity contribution < 1.29 is 18.0 Å². The maximum absolute atomic E-state index is 12.8. The van der Waals surface area contributed by atoms with Crippen LogP contribution in [0, 0.1) is 0 Å². The number of anilines is 2. The molecule has 184 valence electrons. The monoisotopic (exact) mass is 486 g/mol. The fraction of sp³-hybridized carbons (Fsp3) is 0.440. The number of piperidine rings is 1. The van der Waals surface area contributed by atoms with Crippen LogP contribution in [0.1, 0.15) is 66.8 Å². The normalized spacial score (nSPS) is 17.2. The highest BCUT2D eigenvalue weighted by Gasteiger charge is 2.28. The first-order valence-electron chi connectivity index (χ1n) is 11.5. The fourth-order valence-electron chi connectivity index (χ4n) is 4.00. The van der Waals surface area contributed by atoms with Crippen molar-refractivity contribution in [2.75, 3.05) is 29.5 Å². The number of nitrogens with one attached hydrogen (secondary N) is 2. The summed E-state index contributed by atoms with van der Waals surface area (Å²) in [6.45, 7) is 8.76. The lowest BCUT2D eigenvalue weighted by atomic mass is 9.87. The number of hydrogen-bond donors (Lipinski definition) is 3. The maximum Gasteiger partial charge on any atom is 0.255 e. The zero-order valence-corrected chi connectivity index (χ0v) is 21.0. The Labute approximate surface area is 202 Å². The van der Waals surface area contributed by atoms with Gasteiger partial charge in [0.25, 0.3) is 11.8 Å². The van der Waals surface area contributed by atoms with E-state index in [4.69, 9.17) is 5.73 Å². The van der Waals surface area contributed by atoms with Gasteiger partial charge in [-0.05, 0) is 61.1 Å². The van der Waals surface area contributed by atoms with Crippen LogP contribution >= 0.6 is 0 Å². The first kappa shape index (κ1) is 25.7. The van der Waals surface area contributed by atoms with E-state index in [1.807, 2.05) is 12.1 Å². The lowest BCUT2D eigenvalue weighted by Crippen LogP contribution is -2.45. The summed E-state index contributed by atoms with van der Waals surface area (Å²) in [5.41, 5.74) is 8.46. The van der Waals surface area contributed by atoms with Gasteiger partial charge in [0.15, 0.2) is 0 Å². The Hall–Kier alpha value is -2.91. The van der Waals surface area contributed by atoms with Crippen LogP contribution in [0.5, 0.6) is 0 Å². The summed E-state index contributed by atoms with van der Waals surface area (Å²) < 4.78 is 26.1. The molecule has 3 rings (SSSR count). The molecule has 1 atom stereocenters. The number of sulfonamides is 1. The molecule has 2 amide bonds. The van der Waals surface area contributed by atoms with Crippen LogP contribution in [0.15, 0.2) is 42.5 Å². The van der Waals surface area contributed by atoms with Crippen LogP contribution in [-0.2, 0) is 15.4 Å². The fourth-order valence-corrected chi connectivity index (χ4v) is 5.18. The summed E-state index contributed by atoms with van der Waals surface area (Å²) in [5.74, 6) is -0.826. The second-order valence-corrected chi connectivity index (χ2v) is 11.9. The number of nitrogens with zero attached hydrogens (tertiary/aromatic N) is 1. The number of amides is 2. The molecule has 1 aliphatic heterocycles. The van der Waals surface area contributed by atoms with E-state index in [1.165, 1.54) is 4.31 Å². The van der Waals surface area contributed by atoms with Gasteiger partial charge < -0.3 is 16.4 Å².